The molecule has 1 aliphatic heterocycles. The van der Waals surface area contributed by atoms with Crippen molar-refractivity contribution in [2.45, 2.75) is 6.04 Å². The van der Waals surface area contributed by atoms with Gasteiger partial charge >= 0.3 is 0 Å². The summed E-state index contributed by atoms with van der Waals surface area (Å²) in [6, 6.07) is 2.43. The highest BCUT2D eigenvalue weighted by atomic mass is 32.2. The van der Waals surface area contributed by atoms with Gasteiger partial charge in [-0.1, -0.05) is 0 Å². The quantitative estimate of drug-likeness (QED) is 0.748. The highest BCUT2D eigenvalue weighted by Crippen LogP contribution is 2.19. The maximum absolute atomic E-state index is 12.1. The lowest BCUT2D eigenvalue weighted by Crippen LogP contribution is -2.43. The van der Waals surface area contributed by atoms with Crippen molar-refractivity contribution >= 4 is 15.9 Å². The van der Waals surface area contributed by atoms with E-state index in [-0.39, 0.29) is 36.3 Å². The molecule has 1 aromatic rings. The molecule has 1 saturated heterocycles. The fraction of sp³-hybridized carbons (Fsp3) is 0.538. The minimum atomic E-state index is -3.39. The number of sulfonamides is 1. The van der Waals surface area contributed by atoms with E-state index in [1.807, 2.05) is 0 Å². The average Bonchev–Trinajstić information content (AvgIpc) is 2.85. The number of aromatic nitrogens is 1. The number of amides is 1. The second kappa shape index (κ2) is 6.59. The highest BCUT2D eigenvalue weighted by molar-refractivity contribution is 7.89. The van der Waals surface area contributed by atoms with Gasteiger partial charge < -0.3 is 15.2 Å². The Morgan fingerprint density at radius 2 is 2.23 bits per heavy atom. The number of ether oxygens (including phenoxy) is 1. The predicted molar refractivity (Wildman–Crippen MR) is 78.9 cm³/mol. The van der Waals surface area contributed by atoms with Crippen LogP contribution < -0.4 is 5.32 Å². The normalized spacial score (nSPS) is 22.0. The van der Waals surface area contributed by atoms with Gasteiger partial charge in [0.15, 0.2) is 5.69 Å². The van der Waals surface area contributed by atoms with E-state index in [1.165, 1.54) is 32.4 Å². The molecule has 1 aromatic heterocycles. The van der Waals surface area contributed by atoms with Crippen molar-refractivity contribution in [3.05, 3.63) is 24.0 Å². The van der Waals surface area contributed by atoms with Gasteiger partial charge in [0.05, 0.1) is 25.0 Å². The number of nitrogens with one attached hydrogen (secondary N) is 1. The third-order valence-electron chi connectivity index (χ3n) is 3.50. The molecule has 1 amide bonds. The summed E-state index contributed by atoms with van der Waals surface area (Å²) in [4.78, 5) is 15.9. The summed E-state index contributed by atoms with van der Waals surface area (Å²) in [5.74, 6) is -1.24. The van der Waals surface area contributed by atoms with Gasteiger partial charge in [-0.3, -0.25) is 4.79 Å². The van der Waals surface area contributed by atoms with E-state index >= 15 is 0 Å². The highest BCUT2D eigenvalue weighted by Gasteiger charge is 2.34. The molecule has 122 valence electrons. The summed E-state index contributed by atoms with van der Waals surface area (Å²) in [7, 11) is -0.460. The van der Waals surface area contributed by atoms with Gasteiger partial charge in [0.1, 0.15) is 5.75 Å². The Labute approximate surface area is 129 Å². The smallest absolute Gasteiger partial charge is 0.274 e. The number of aromatic hydroxyl groups is 1. The summed E-state index contributed by atoms with van der Waals surface area (Å²) in [5.41, 5.74) is -0.0939. The van der Waals surface area contributed by atoms with Gasteiger partial charge in [-0.25, -0.2) is 17.7 Å². The molecule has 1 fully saturated rings. The molecule has 0 saturated carbocycles. The topological polar surface area (TPSA) is 109 Å². The minimum Gasteiger partial charge on any atom is -0.505 e. The molecule has 1 aliphatic rings. The van der Waals surface area contributed by atoms with Gasteiger partial charge in [0, 0.05) is 26.2 Å². The third-order valence-corrected chi connectivity index (χ3v) is 5.46. The zero-order chi connectivity index (χ0) is 16.3. The molecule has 0 aromatic carbocycles. The molecule has 0 unspecified atom stereocenters. The van der Waals surface area contributed by atoms with Crippen LogP contribution in [0.15, 0.2) is 18.3 Å². The van der Waals surface area contributed by atoms with Gasteiger partial charge in [0.2, 0.25) is 10.0 Å². The lowest BCUT2D eigenvalue weighted by Gasteiger charge is -2.20. The van der Waals surface area contributed by atoms with Crippen LogP contribution in [0.5, 0.6) is 5.75 Å². The first-order chi connectivity index (χ1) is 10.3. The average molecular weight is 329 g/mol. The Bertz CT molecular complexity index is 647. The lowest BCUT2D eigenvalue weighted by atomic mass is 10.1. The Balaban J connectivity index is 2.06. The Morgan fingerprint density at radius 1 is 1.50 bits per heavy atom. The van der Waals surface area contributed by atoms with E-state index in [4.69, 9.17) is 4.74 Å². The number of carbonyl (C=O) groups is 1. The molecule has 0 bridgehead atoms. The van der Waals surface area contributed by atoms with Crippen molar-refractivity contribution in [3.8, 4) is 5.75 Å². The first-order valence-electron chi connectivity index (χ1n) is 6.74. The molecule has 2 N–H and O–H groups in total. The number of hydrogen-bond donors (Lipinski definition) is 2. The van der Waals surface area contributed by atoms with E-state index < -0.39 is 22.0 Å². The van der Waals surface area contributed by atoms with Crippen molar-refractivity contribution < 1.29 is 23.1 Å². The Kier molecular flexibility index (Phi) is 4.99. The monoisotopic (exact) mass is 329 g/mol. The maximum Gasteiger partial charge on any atom is 0.274 e. The largest absolute Gasteiger partial charge is 0.505 e. The van der Waals surface area contributed by atoms with Crippen LogP contribution in [-0.2, 0) is 14.8 Å². The SMILES string of the molecule is CN(C)S(=O)(=O)C[C@@H]1COC[C@@H]1NC(=O)c1ncccc1O. The molecule has 9 heteroatoms. The first kappa shape index (κ1) is 16.7. The number of nitrogens with zero attached hydrogens (tertiary/aromatic N) is 2. The van der Waals surface area contributed by atoms with E-state index in [0.29, 0.717) is 0 Å². The van der Waals surface area contributed by atoms with Gasteiger partial charge in [-0.15, -0.1) is 0 Å². The predicted octanol–water partition coefficient (Wildman–Crippen LogP) is -0.577. The summed E-state index contributed by atoms with van der Waals surface area (Å²) in [5, 5.41) is 12.3. The first-order valence-corrected chi connectivity index (χ1v) is 8.35. The summed E-state index contributed by atoms with van der Waals surface area (Å²) in [6.07, 6.45) is 1.40. The number of carbonyl (C=O) groups excluding carboxylic acids is 1. The zero-order valence-electron chi connectivity index (χ0n) is 12.4. The minimum absolute atomic E-state index is 0.0939. The van der Waals surface area contributed by atoms with Gasteiger partial charge in [0.25, 0.3) is 5.91 Å². The molecule has 0 radical (unpaired) electrons. The molecule has 22 heavy (non-hydrogen) atoms. The molecular formula is C13H19N3O5S. The van der Waals surface area contributed by atoms with Crippen molar-refractivity contribution in [1.82, 2.24) is 14.6 Å². The summed E-state index contributed by atoms with van der Waals surface area (Å²) in [6.45, 7) is 0.485. The molecule has 2 rings (SSSR count). The van der Waals surface area contributed by atoms with Crippen LogP contribution >= 0.6 is 0 Å². The summed E-state index contributed by atoms with van der Waals surface area (Å²) < 4.78 is 30.3. The molecule has 0 aliphatic carbocycles. The standard InChI is InChI=1S/C13H19N3O5S/c1-16(2)22(19,20)8-9-6-21-7-10(9)15-13(18)12-11(17)4-3-5-14-12/h3-5,9-10,17H,6-8H2,1-2H3,(H,15,18)/t9-,10-/m0/s1. The Morgan fingerprint density at radius 3 is 2.86 bits per heavy atom. The maximum atomic E-state index is 12.1. The Hall–Kier alpha value is -1.71. The van der Waals surface area contributed by atoms with Crippen LogP contribution in [0.3, 0.4) is 0 Å². The third kappa shape index (κ3) is 3.73. The molecule has 0 spiro atoms. The van der Waals surface area contributed by atoms with E-state index in [2.05, 4.69) is 10.3 Å². The molecule has 8 nitrogen and oxygen atoms in total. The number of rotatable bonds is 5. The van der Waals surface area contributed by atoms with Gasteiger partial charge in [-0.05, 0) is 12.1 Å². The number of pyridine rings is 1. The van der Waals surface area contributed by atoms with Crippen LogP contribution in [0.25, 0.3) is 0 Å². The lowest BCUT2D eigenvalue weighted by molar-refractivity contribution is 0.0918. The number of hydrogen-bond acceptors (Lipinski definition) is 6. The second-order valence-corrected chi connectivity index (χ2v) is 7.54. The van der Waals surface area contributed by atoms with E-state index in [0.717, 1.165) is 4.31 Å². The van der Waals surface area contributed by atoms with Gasteiger partial charge in [-0.2, -0.15) is 0 Å². The fourth-order valence-corrected chi connectivity index (χ4v) is 3.32. The molecular weight excluding hydrogens is 310 g/mol. The van der Waals surface area contributed by atoms with E-state index in [9.17, 15) is 18.3 Å². The fourth-order valence-electron chi connectivity index (χ4n) is 2.15. The molecule has 2 atom stereocenters. The van der Waals surface area contributed by atoms with Crippen LogP contribution in [0.4, 0.5) is 0 Å². The van der Waals surface area contributed by atoms with Crippen molar-refractivity contribution in [2.75, 3.05) is 33.1 Å². The second-order valence-electron chi connectivity index (χ2n) is 5.31. The van der Waals surface area contributed by atoms with Crippen molar-refractivity contribution in [3.63, 3.8) is 0 Å². The van der Waals surface area contributed by atoms with Crippen molar-refractivity contribution in [1.29, 1.82) is 0 Å². The van der Waals surface area contributed by atoms with Crippen LogP contribution in [-0.4, -0.2) is 67.8 Å². The van der Waals surface area contributed by atoms with Crippen LogP contribution in [0.2, 0.25) is 0 Å². The molecule has 2 heterocycles. The van der Waals surface area contributed by atoms with Crippen LogP contribution in [0.1, 0.15) is 10.5 Å². The van der Waals surface area contributed by atoms with E-state index in [1.54, 1.807) is 0 Å². The summed E-state index contributed by atoms with van der Waals surface area (Å²) >= 11 is 0. The van der Waals surface area contributed by atoms with Crippen molar-refractivity contribution in [2.24, 2.45) is 5.92 Å². The zero-order valence-corrected chi connectivity index (χ0v) is 13.2. The van der Waals surface area contributed by atoms with Crippen LogP contribution in [0, 0.1) is 5.92 Å².